The van der Waals surface area contributed by atoms with Crippen molar-refractivity contribution in [2.24, 2.45) is 4.99 Å². The van der Waals surface area contributed by atoms with Crippen LogP contribution in [0.3, 0.4) is 0 Å². The quantitative estimate of drug-likeness (QED) is 0.291. The Morgan fingerprint density at radius 1 is 1.21 bits per heavy atom. The van der Waals surface area contributed by atoms with Gasteiger partial charge in [0.25, 0.3) is 0 Å². The molecule has 0 amide bonds. The molecule has 3 rings (SSSR count). The van der Waals surface area contributed by atoms with E-state index in [1.54, 1.807) is 18.6 Å². The lowest BCUT2D eigenvalue weighted by Crippen LogP contribution is -2.38. The van der Waals surface area contributed by atoms with Gasteiger partial charge in [-0.2, -0.15) is 0 Å². The molecular weight excluding hydrogens is 482 g/mol. The summed E-state index contributed by atoms with van der Waals surface area (Å²) in [5, 5.41) is 6.57. The summed E-state index contributed by atoms with van der Waals surface area (Å²) in [4.78, 5) is 13.1. The zero-order chi connectivity index (χ0) is 19.8. The molecule has 1 aromatic carbocycles. The van der Waals surface area contributed by atoms with E-state index < -0.39 is 0 Å². The summed E-state index contributed by atoms with van der Waals surface area (Å²) in [6.45, 7) is 5.98. The van der Waals surface area contributed by atoms with E-state index >= 15 is 0 Å². The van der Waals surface area contributed by atoms with Gasteiger partial charge in [0.1, 0.15) is 18.0 Å². The molecular formula is C21H26FIN6. The highest BCUT2D eigenvalue weighted by atomic mass is 127. The number of nitrogens with one attached hydrogen (secondary N) is 2. The average molecular weight is 508 g/mol. The molecule has 0 atom stereocenters. The van der Waals surface area contributed by atoms with Crippen molar-refractivity contribution < 1.29 is 4.39 Å². The third-order valence-corrected chi connectivity index (χ3v) is 4.33. The molecule has 0 radical (unpaired) electrons. The number of guanidine groups is 1. The van der Waals surface area contributed by atoms with Crippen LogP contribution < -0.4 is 10.6 Å². The Hall–Kier alpha value is -2.49. The number of nitrogens with zero attached hydrogens (tertiary/aromatic N) is 4. The van der Waals surface area contributed by atoms with Gasteiger partial charge in [-0.3, -0.25) is 4.57 Å². The molecule has 154 valence electrons. The van der Waals surface area contributed by atoms with Gasteiger partial charge in [0.2, 0.25) is 0 Å². The van der Waals surface area contributed by atoms with Crippen molar-refractivity contribution in [1.82, 2.24) is 25.2 Å². The van der Waals surface area contributed by atoms with Crippen molar-refractivity contribution in [3.05, 3.63) is 77.8 Å². The van der Waals surface area contributed by atoms with Crippen LogP contribution in [0, 0.1) is 12.7 Å². The number of benzene rings is 1. The van der Waals surface area contributed by atoms with E-state index in [4.69, 9.17) is 0 Å². The number of pyridine rings is 1. The third kappa shape index (κ3) is 6.81. The minimum Gasteiger partial charge on any atom is -0.357 e. The van der Waals surface area contributed by atoms with Crippen LogP contribution in [0.1, 0.15) is 23.6 Å². The van der Waals surface area contributed by atoms with Crippen molar-refractivity contribution in [3.63, 3.8) is 0 Å². The predicted octanol–water partition coefficient (Wildman–Crippen LogP) is 3.63. The van der Waals surface area contributed by atoms with E-state index in [1.807, 2.05) is 49.0 Å². The fourth-order valence-corrected chi connectivity index (χ4v) is 2.83. The van der Waals surface area contributed by atoms with Crippen LogP contribution in [0.15, 0.2) is 60.2 Å². The lowest BCUT2D eigenvalue weighted by atomic mass is 10.1. The van der Waals surface area contributed by atoms with Gasteiger partial charge in [-0.25, -0.2) is 19.4 Å². The molecule has 0 saturated carbocycles. The van der Waals surface area contributed by atoms with Crippen molar-refractivity contribution in [2.75, 3.05) is 13.1 Å². The first-order valence-electron chi connectivity index (χ1n) is 9.36. The fraction of sp³-hybridized carbons (Fsp3) is 0.286. The summed E-state index contributed by atoms with van der Waals surface area (Å²) in [5.74, 6) is 1.38. The maximum atomic E-state index is 13.2. The maximum absolute atomic E-state index is 13.2. The highest BCUT2D eigenvalue weighted by Gasteiger charge is 2.03. The first-order valence-corrected chi connectivity index (χ1v) is 9.36. The molecule has 0 aliphatic rings. The Bertz CT molecular complexity index is 909. The summed E-state index contributed by atoms with van der Waals surface area (Å²) < 4.78 is 15.1. The SMILES string of the molecule is CCNC(=NCc1ccc(-n2ccnc2)nc1)NCCc1ccc(F)cc1C.I. The summed E-state index contributed by atoms with van der Waals surface area (Å²) in [6.07, 6.45) is 7.93. The van der Waals surface area contributed by atoms with E-state index in [9.17, 15) is 4.39 Å². The number of aliphatic imine (C=N–C) groups is 1. The number of hydrogen-bond acceptors (Lipinski definition) is 3. The Labute approximate surface area is 187 Å². The molecule has 6 nitrogen and oxygen atoms in total. The van der Waals surface area contributed by atoms with Gasteiger partial charge in [0, 0.05) is 31.7 Å². The second-order valence-electron chi connectivity index (χ2n) is 6.44. The van der Waals surface area contributed by atoms with Gasteiger partial charge >= 0.3 is 0 Å². The monoisotopic (exact) mass is 508 g/mol. The molecule has 0 aliphatic heterocycles. The van der Waals surface area contributed by atoms with Gasteiger partial charge in [-0.1, -0.05) is 12.1 Å². The highest BCUT2D eigenvalue weighted by Crippen LogP contribution is 2.10. The van der Waals surface area contributed by atoms with E-state index in [0.717, 1.165) is 48.0 Å². The molecule has 0 unspecified atom stereocenters. The summed E-state index contributed by atoms with van der Waals surface area (Å²) in [5.41, 5.74) is 3.12. The molecule has 0 fully saturated rings. The van der Waals surface area contributed by atoms with Crippen LogP contribution in [0.4, 0.5) is 4.39 Å². The second-order valence-corrected chi connectivity index (χ2v) is 6.44. The van der Waals surface area contributed by atoms with Crippen LogP contribution in [0.5, 0.6) is 0 Å². The zero-order valence-electron chi connectivity index (χ0n) is 16.6. The van der Waals surface area contributed by atoms with Crippen LogP contribution in [-0.4, -0.2) is 33.6 Å². The molecule has 0 spiro atoms. The molecule has 0 bridgehead atoms. The van der Waals surface area contributed by atoms with Gasteiger partial charge in [-0.05, 0) is 55.2 Å². The summed E-state index contributed by atoms with van der Waals surface area (Å²) in [6, 6.07) is 8.86. The Balaban J connectivity index is 0.00000300. The van der Waals surface area contributed by atoms with E-state index in [-0.39, 0.29) is 29.8 Å². The van der Waals surface area contributed by atoms with E-state index in [1.165, 1.54) is 6.07 Å². The first kappa shape index (κ1) is 22.8. The minimum absolute atomic E-state index is 0. The summed E-state index contributed by atoms with van der Waals surface area (Å²) in [7, 11) is 0. The van der Waals surface area contributed by atoms with Gasteiger partial charge in [0.15, 0.2) is 5.96 Å². The van der Waals surface area contributed by atoms with Crippen LogP contribution >= 0.6 is 24.0 Å². The average Bonchev–Trinajstić information content (AvgIpc) is 3.23. The number of imidazole rings is 1. The Morgan fingerprint density at radius 3 is 2.72 bits per heavy atom. The fourth-order valence-electron chi connectivity index (χ4n) is 2.83. The lowest BCUT2D eigenvalue weighted by molar-refractivity contribution is 0.625. The predicted molar refractivity (Wildman–Crippen MR) is 124 cm³/mol. The number of hydrogen-bond donors (Lipinski definition) is 2. The summed E-state index contributed by atoms with van der Waals surface area (Å²) >= 11 is 0. The topological polar surface area (TPSA) is 67.1 Å². The van der Waals surface area contributed by atoms with E-state index in [0.29, 0.717) is 6.54 Å². The van der Waals surface area contributed by atoms with Crippen LogP contribution in [0.2, 0.25) is 0 Å². The van der Waals surface area contributed by atoms with Crippen LogP contribution in [-0.2, 0) is 13.0 Å². The molecule has 2 N–H and O–H groups in total. The smallest absolute Gasteiger partial charge is 0.191 e. The van der Waals surface area contributed by atoms with Crippen molar-refractivity contribution in [2.45, 2.75) is 26.8 Å². The molecule has 29 heavy (non-hydrogen) atoms. The molecule has 0 saturated heterocycles. The van der Waals surface area contributed by atoms with Crippen LogP contribution in [0.25, 0.3) is 5.82 Å². The normalized spacial score (nSPS) is 11.1. The number of rotatable bonds is 7. The molecule has 2 heterocycles. The standard InChI is InChI=1S/C21H25FN6.HI/c1-3-24-21(25-9-8-18-5-6-19(22)12-16(18)2)27-14-17-4-7-20(26-13-17)28-11-10-23-15-28;/h4-7,10-13,15H,3,8-9,14H2,1-2H3,(H2,24,25,27);1H. The van der Waals surface area contributed by atoms with Crippen molar-refractivity contribution in [1.29, 1.82) is 0 Å². The first-order chi connectivity index (χ1) is 13.7. The second kappa shape index (κ2) is 11.5. The number of halogens is 2. The van der Waals surface area contributed by atoms with Crippen molar-refractivity contribution in [3.8, 4) is 5.82 Å². The highest BCUT2D eigenvalue weighted by molar-refractivity contribution is 14.0. The van der Waals surface area contributed by atoms with Gasteiger partial charge in [-0.15, -0.1) is 24.0 Å². The molecule has 8 heteroatoms. The number of aromatic nitrogens is 3. The van der Waals surface area contributed by atoms with Gasteiger partial charge < -0.3 is 10.6 Å². The van der Waals surface area contributed by atoms with Crippen molar-refractivity contribution >= 4 is 29.9 Å². The zero-order valence-corrected chi connectivity index (χ0v) is 18.9. The third-order valence-electron chi connectivity index (χ3n) is 4.33. The largest absolute Gasteiger partial charge is 0.357 e. The van der Waals surface area contributed by atoms with Gasteiger partial charge in [0.05, 0.1) is 6.54 Å². The lowest BCUT2D eigenvalue weighted by Gasteiger charge is -2.12. The molecule has 2 aromatic heterocycles. The molecule has 3 aromatic rings. The number of aryl methyl sites for hydroxylation is 1. The Kier molecular flexibility index (Phi) is 9.04. The molecule has 0 aliphatic carbocycles. The minimum atomic E-state index is -0.197. The Morgan fingerprint density at radius 2 is 2.07 bits per heavy atom. The maximum Gasteiger partial charge on any atom is 0.191 e. The van der Waals surface area contributed by atoms with E-state index in [2.05, 4.69) is 25.6 Å².